The summed E-state index contributed by atoms with van der Waals surface area (Å²) in [7, 11) is 0. The molecule has 140 valence electrons. The van der Waals surface area contributed by atoms with Crippen LogP contribution in [-0.2, 0) is 6.54 Å². The van der Waals surface area contributed by atoms with Gasteiger partial charge in [-0.3, -0.25) is 14.2 Å². The Bertz CT molecular complexity index is 1120. The Morgan fingerprint density at radius 3 is 2.70 bits per heavy atom. The Labute approximate surface area is 151 Å². The lowest BCUT2D eigenvalue weighted by atomic mass is 10.1. The zero-order valence-electron chi connectivity index (χ0n) is 14.2. The van der Waals surface area contributed by atoms with Gasteiger partial charge in [-0.2, -0.15) is 8.78 Å². The van der Waals surface area contributed by atoms with Crippen LogP contribution in [0.1, 0.15) is 17.3 Å². The SMILES string of the molecule is CCn1c(=O)[nH]c2cc(C(=O)Nc3cccc(OC(F)F)c3)ccc2c1=O. The van der Waals surface area contributed by atoms with Crippen molar-refractivity contribution < 1.29 is 18.3 Å². The van der Waals surface area contributed by atoms with Crippen molar-refractivity contribution in [3.05, 3.63) is 68.9 Å². The third-order valence-electron chi connectivity index (χ3n) is 3.88. The number of fused-ring (bicyclic) bond motifs is 1. The molecule has 0 saturated heterocycles. The average Bonchev–Trinajstić information content (AvgIpc) is 2.61. The Balaban J connectivity index is 1.90. The van der Waals surface area contributed by atoms with Crippen molar-refractivity contribution in [1.29, 1.82) is 0 Å². The van der Waals surface area contributed by atoms with Gasteiger partial charge < -0.3 is 15.0 Å². The van der Waals surface area contributed by atoms with Crippen molar-refractivity contribution in [1.82, 2.24) is 9.55 Å². The predicted molar refractivity (Wildman–Crippen MR) is 95.5 cm³/mol. The monoisotopic (exact) mass is 375 g/mol. The molecular weight excluding hydrogens is 360 g/mol. The average molecular weight is 375 g/mol. The van der Waals surface area contributed by atoms with Gasteiger partial charge in [-0.15, -0.1) is 0 Å². The van der Waals surface area contributed by atoms with Gasteiger partial charge in [0, 0.05) is 23.9 Å². The molecule has 1 aromatic heterocycles. The number of alkyl halides is 2. The van der Waals surface area contributed by atoms with Gasteiger partial charge in [-0.25, -0.2) is 4.79 Å². The molecule has 0 spiro atoms. The van der Waals surface area contributed by atoms with Crippen molar-refractivity contribution in [2.24, 2.45) is 0 Å². The van der Waals surface area contributed by atoms with Crippen LogP contribution in [-0.4, -0.2) is 22.1 Å². The first-order valence-electron chi connectivity index (χ1n) is 8.02. The van der Waals surface area contributed by atoms with Crippen LogP contribution in [0, 0.1) is 0 Å². The number of aromatic amines is 1. The molecule has 3 rings (SSSR count). The standard InChI is InChI=1S/C18H15F2N3O4/c1-2-23-16(25)13-7-6-10(8-14(13)22-18(23)26)15(24)21-11-4-3-5-12(9-11)27-17(19)20/h3-9,17H,2H2,1H3,(H,21,24)(H,22,26). The minimum absolute atomic E-state index is 0.0919. The highest BCUT2D eigenvalue weighted by Crippen LogP contribution is 2.20. The van der Waals surface area contributed by atoms with E-state index in [2.05, 4.69) is 15.0 Å². The molecule has 1 amide bonds. The molecule has 0 aliphatic rings. The maximum absolute atomic E-state index is 12.4. The Morgan fingerprint density at radius 1 is 1.22 bits per heavy atom. The summed E-state index contributed by atoms with van der Waals surface area (Å²) in [6.07, 6.45) is 0. The molecule has 2 N–H and O–H groups in total. The first kappa shape index (κ1) is 18.3. The molecule has 0 atom stereocenters. The maximum atomic E-state index is 12.4. The summed E-state index contributed by atoms with van der Waals surface area (Å²) in [6, 6.07) is 9.83. The molecule has 0 aliphatic heterocycles. The number of carbonyl (C=O) groups excluding carboxylic acids is 1. The van der Waals surface area contributed by atoms with E-state index in [9.17, 15) is 23.2 Å². The molecule has 0 saturated carbocycles. The molecule has 7 nitrogen and oxygen atoms in total. The molecule has 9 heteroatoms. The van der Waals surface area contributed by atoms with Gasteiger partial charge in [0.2, 0.25) is 0 Å². The highest BCUT2D eigenvalue weighted by molar-refractivity contribution is 6.06. The lowest BCUT2D eigenvalue weighted by Gasteiger charge is -2.09. The number of H-pyrrole nitrogens is 1. The van der Waals surface area contributed by atoms with E-state index in [1.54, 1.807) is 6.92 Å². The minimum atomic E-state index is -2.97. The number of hydrogen-bond donors (Lipinski definition) is 2. The zero-order chi connectivity index (χ0) is 19.6. The number of ether oxygens (including phenoxy) is 1. The predicted octanol–water partition coefficient (Wildman–Crippen LogP) is 2.56. The lowest BCUT2D eigenvalue weighted by Crippen LogP contribution is -2.34. The van der Waals surface area contributed by atoms with Crippen LogP contribution >= 0.6 is 0 Å². The number of aromatic nitrogens is 2. The maximum Gasteiger partial charge on any atom is 0.387 e. The number of nitrogens with zero attached hydrogens (tertiary/aromatic N) is 1. The van der Waals surface area contributed by atoms with Crippen molar-refractivity contribution >= 4 is 22.5 Å². The molecule has 27 heavy (non-hydrogen) atoms. The highest BCUT2D eigenvalue weighted by atomic mass is 19.3. The van der Waals surface area contributed by atoms with Gasteiger partial charge in [0.25, 0.3) is 11.5 Å². The van der Waals surface area contributed by atoms with Crippen LogP contribution in [0.4, 0.5) is 14.5 Å². The number of halogens is 2. The Morgan fingerprint density at radius 2 is 2.00 bits per heavy atom. The highest BCUT2D eigenvalue weighted by Gasteiger charge is 2.12. The Kier molecular flexibility index (Phi) is 5.02. The van der Waals surface area contributed by atoms with Crippen LogP contribution in [0.5, 0.6) is 5.75 Å². The van der Waals surface area contributed by atoms with Gasteiger partial charge in [-0.05, 0) is 37.3 Å². The van der Waals surface area contributed by atoms with E-state index in [1.807, 2.05) is 0 Å². The molecule has 3 aromatic rings. The van der Waals surface area contributed by atoms with E-state index >= 15 is 0 Å². The Hall–Kier alpha value is -3.49. The van der Waals surface area contributed by atoms with Gasteiger partial charge in [-0.1, -0.05) is 6.07 Å². The van der Waals surface area contributed by atoms with E-state index in [0.717, 1.165) is 4.57 Å². The van der Waals surface area contributed by atoms with Crippen molar-refractivity contribution in [2.45, 2.75) is 20.1 Å². The first-order chi connectivity index (χ1) is 12.9. The third kappa shape index (κ3) is 3.86. The van der Waals surface area contributed by atoms with Crippen LogP contribution in [0.15, 0.2) is 52.1 Å². The zero-order valence-corrected chi connectivity index (χ0v) is 14.2. The molecule has 0 aliphatic carbocycles. The summed E-state index contributed by atoms with van der Waals surface area (Å²) in [5.74, 6) is -0.627. The van der Waals surface area contributed by atoms with Gasteiger partial charge in [0.1, 0.15) is 5.75 Å². The topological polar surface area (TPSA) is 93.2 Å². The van der Waals surface area contributed by atoms with Crippen LogP contribution < -0.4 is 21.3 Å². The molecule has 0 fully saturated rings. The molecule has 0 radical (unpaired) electrons. The van der Waals surface area contributed by atoms with Crippen LogP contribution in [0.2, 0.25) is 0 Å². The first-order valence-corrected chi connectivity index (χ1v) is 8.02. The summed E-state index contributed by atoms with van der Waals surface area (Å²) in [6.45, 7) is -1.07. The number of benzene rings is 2. The second kappa shape index (κ2) is 7.40. The number of hydrogen-bond acceptors (Lipinski definition) is 4. The molecule has 1 heterocycles. The van der Waals surface area contributed by atoms with Crippen molar-refractivity contribution in [3.8, 4) is 5.75 Å². The number of amides is 1. The summed E-state index contributed by atoms with van der Waals surface area (Å²) in [4.78, 5) is 39.1. The van der Waals surface area contributed by atoms with E-state index in [1.165, 1.54) is 42.5 Å². The fourth-order valence-corrected chi connectivity index (χ4v) is 2.64. The second-order valence-corrected chi connectivity index (χ2v) is 5.60. The van der Waals surface area contributed by atoms with Gasteiger partial charge >= 0.3 is 12.3 Å². The normalized spacial score (nSPS) is 11.0. The van der Waals surface area contributed by atoms with E-state index in [-0.39, 0.29) is 34.4 Å². The fraction of sp³-hybridized carbons (Fsp3) is 0.167. The van der Waals surface area contributed by atoms with E-state index in [0.29, 0.717) is 0 Å². The minimum Gasteiger partial charge on any atom is -0.435 e. The summed E-state index contributed by atoms with van der Waals surface area (Å²) >= 11 is 0. The number of nitrogens with one attached hydrogen (secondary N) is 2. The third-order valence-corrected chi connectivity index (χ3v) is 3.88. The van der Waals surface area contributed by atoms with Gasteiger partial charge in [0.15, 0.2) is 0 Å². The quantitative estimate of drug-likeness (QED) is 0.717. The van der Waals surface area contributed by atoms with Crippen LogP contribution in [0.25, 0.3) is 10.9 Å². The smallest absolute Gasteiger partial charge is 0.387 e. The molecular formula is C18H15F2N3O4. The summed E-state index contributed by atoms with van der Waals surface area (Å²) < 4.78 is 29.9. The number of rotatable bonds is 5. The van der Waals surface area contributed by atoms with E-state index < -0.39 is 23.8 Å². The van der Waals surface area contributed by atoms with Gasteiger partial charge in [0.05, 0.1) is 10.9 Å². The fourth-order valence-electron chi connectivity index (χ4n) is 2.64. The molecule has 2 aromatic carbocycles. The second-order valence-electron chi connectivity index (χ2n) is 5.60. The lowest BCUT2D eigenvalue weighted by molar-refractivity contribution is -0.0497. The van der Waals surface area contributed by atoms with Crippen LogP contribution in [0.3, 0.4) is 0 Å². The van der Waals surface area contributed by atoms with Crippen molar-refractivity contribution in [3.63, 3.8) is 0 Å². The summed E-state index contributed by atoms with van der Waals surface area (Å²) in [5.41, 5.74) is -0.332. The van der Waals surface area contributed by atoms with E-state index in [4.69, 9.17) is 0 Å². The van der Waals surface area contributed by atoms with Crippen molar-refractivity contribution in [2.75, 3.05) is 5.32 Å². The molecule has 0 unspecified atom stereocenters. The molecule has 0 bridgehead atoms. The largest absolute Gasteiger partial charge is 0.435 e. The summed E-state index contributed by atoms with van der Waals surface area (Å²) in [5, 5.41) is 2.83. The number of anilines is 1. The number of carbonyl (C=O) groups is 1.